The third-order valence-electron chi connectivity index (χ3n) is 1.97. The average Bonchev–Trinajstić information content (AvgIpc) is 2.24. The third-order valence-corrected chi connectivity index (χ3v) is 3.06. The summed E-state index contributed by atoms with van der Waals surface area (Å²) in [6, 6.07) is 6.21. The molecule has 0 radical (unpaired) electrons. The summed E-state index contributed by atoms with van der Waals surface area (Å²) in [6.45, 7) is 1.56. The Bertz CT molecular complexity index is 471. The van der Waals surface area contributed by atoms with Gasteiger partial charge in [-0.15, -0.1) is 0 Å². The van der Waals surface area contributed by atoms with Gasteiger partial charge in [0.25, 0.3) is 0 Å². The quantitative estimate of drug-likeness (QED) is 0.486. The molecule has 0 fully saturated rings. The zero-order valence-corrected chi connectivity index (χ0v) is 9.48. The molecule has 0 heterocycles. The molecule has 90 valence electrons. The van der Waals surface area contributed by atoms with Gasteiger partial charge in [0, 0.05) is 0 Å². The first kappa shape index (κ1) is 16.6. The molecule has 0 bridgehead atoms. The second kappa shape index (κ2) is 7.13. The summed E-state index contributed by atoms with van der Waals surface area (Å²) >= 11 is 0. The molecular formula is C10H13NaO5S. The van der Waals surface area contributed by atoms with Crippen LogP contribution in [0.4, 0.5) is 0 Å². The van der Waals surface area contributed by atoms with Crippen LogP contribution in [0, 0.1) is 0 Å². The van der Waals surface area contributed by atoms with Crippen LogP contribution in [0.1, 0.15) is 23.7 Å². The third kappa shape index (κ3) is 4.77. The maximum absolute atomic E-state index is 10.9. The van der Waals surface area contributed by atoms with Crippen molar-refractivity contribution in [2.24, 2.45) is 0 Å². The van der Waals surface area contributed by atoms with Gasteiger partial charge in [-0.2, -0.15) is 8.42 Å². The van der Waals surface area contributed by atoms with Gasteiger partial charge in [0.1, 0.15) is 5.75 Å². The van der Waals surface area contributed by atoms with E-state index in [2.05, 4.69) is 0 Å². The number of aldehydes is 1. The second-order valence-corrected chi connectivity index (χ2v) is 4.68. The molecule has 1 unspecified atom stereocenters. The first-order valence-corrected chi connectivity index (χ1v) is 6.16. The summed E-state index contributed by atoms with van der Waals surface area (Å²) in [5, 5.41) is 0. The van der Waals surface area contributed by atoms with Crippen LogP contribution >= 0.6 is 0 Å². The number of rotatable bonds is 5. The molecule has 1 atom stereocenters. The average molecular weight is 268 g/mol. The molecule has 1 aromatic rings. The molecular weight excluding hydrogens is 255 g/mol. The first-order chi connectivity index (χ1) is 7.49. The van der Waals surface area contributed by atoms with E-state index in [1.54, 1.807) is 19.1 Å². The van der Waals surface area contributed by atoms with Crippen LogP contribution in [-0.4, -0.2) is 54.2 Å². The molecule has 1 N–H and O–H groups in total. The monoisotopic (exact) mass is 268 g/mol. The SMILES string of the molecule is CCC(Oc1ccccc1C=O)S(=O)(=O)O.[NaH]. The van der Waals surface area contributed by atoms with E-state index in [4.69, 9.17) is 9.29 Å². The van der Waals surface area contributed by atoms with E-state index in [1.807, 2.05) is 0 Å². The number of carbonyl (C=O) groups is 1. The van der Waals surface area contributed by atoms with Gasteiger partial charge >= 0.3 is 39.7 Å². The molecule has 0 saturated heterocycles. The van der Waals surface area contributed by atoms with Crippen LogP contribution in [0.2, 0.25) is 0 Å². The van der Waals surface area contributed by atoms with Crippen LogP contribution in [0.5, 0.6) is 5.75 Å². The predicted molar refractivity (Wildman–Crippen MR) is 65.2 cm³/mol. The van der Waals surface area contributed by atoms with Gasteiger partial charge in [-0.05, 0) is 18.6 Å². The van der Waals surface area contributed by atoms with E-state index in [1.165, 1.54) is 12.1 Å². The number of benzene rings is 1. The molecule has 0 amide bonds. The van der Waals surface area contributed by atoms with E-state index in [0.29, 0.717) is 6.29 Å². The number of hydrogen-bond donors (Lipinski definition) is 1. The molecule has 0 aliphatic rings. The van der Waals surface area contributed by atoms with Crippen molar-refractivity contribution in [2.45, 2.75) is 18.8 Å². The number of ether oxygens (including phenoxy) is 1. The Hall–Kier alpha value is -0.400. The van der Waals surface area contributed by atoms with Crippen molar-refractivity contribution < 1.29 is 22.5 Å². The second-order valence-electron chi connectivity index (χ2n) is 3.13. The summed E-state index contributed by atoms with van der Waals surface area (Å²) in [7, 11) is -4.28. The molecule has 1 rings (SSSR count). The summed E-state index contributed by atoms with van der Waals surface area (Å²) < 4.78 is 35.8. The van der Waals surface area contributed by atoms with Crippen molar-refractivity contribution in [3.8, 4) is 5.75 Å². The van der Waals surface area contributed by atoms with Crippen LogP contribution in [0.3, 0.4) is 0 Å². The molecule has 0 aromatic heterocycles. The number of hydrogen-bond acceptors (Lipinski definition) is 4. The van der Waals surface area contributed by atoms with Crippen molar-refractivity contribution in [3.05, 3.63) is 29.8 Å². The van der Waals surface area contributed by atoms with E-state index in [0.717, 1.165) is 0 Å². The fourth-order valence-corrected chi connectivity index (χ4v) is 1.83. The standard InChI is InChI=1S/C10H12O5S.Na.H/c1-2-10(16(12,13)14)15-9-6-4-3-5-8(9)7-11;;/h3-7,10H,2H2,1H3,(H,12,13,14);;. The summed E-state index contributed by atoms with van der Waals surface area (Å²) in [4.78, 5) is 10.7. The maximum atomic E-state index is 10.9. The molecule has 0 spiro atoms. The van der Waals surface area contributed by atoms with Crippen LogP contribution in [0.25, 0.3) is 0 Å². The van der Waals surface area contributed by atoms with Gasteiger partial charge in [0.05, 0.1) is 5.56 Å². The Kier molecular flexibility index (Phi) is 6.96. The van der Waals surface area contributed by atoms with E-state index in [-0.39, 0.29) is 47.3 Å². The first-order valence-electron chi connectivity index (χ1n) is 4.66. The van der Waals surface area contributed by atoms with Gasteiger partial charge in [-0.25, -0.2) is 0 Å². The number of para-hydroxylation sites is 1. The molecule has 0 aliphatic heterocycles. The molecule has 0 saturated carbocycles. The normalized spacial score (nSPS) is 12.4. The summed E-state index contributed by atoms with van der Waals surface area (Å²) in [5.41, 5.74) is -1.11. The number of carbonyl (C=O) groups excluding carboxylic acids is 1. The van der Waals surface area contributed by atoms with Crippen molar-refractivity contribution in [2.75, 3.05) is 0 Å². The fourth-order valence-electron chi connectivity index (χ4n) is 1.18. The Morgan fingerprint density at radius 3 is 2.47 bits per heavy atom. The van der Waals surface area contributed by atoms with Crippen molar-refractivity contribution in [1.82, 2.24) is 0 Å². The Labute approximate surface area is 122 Å². The van der Waals surface area contributed by atoms with Gasteiger partial charge in [-0.1, -0.05) is 19.1 Å². The van der Waals surface area contributed by atoms with Crippen LogP contribution in [-0.2, 0) is 10.1 Å². The predicted octanol–water partition coefficient (Wildman–Crippen LogP) is 0.853. The van der Waals surface area contributed by atoms with E-state index >= 15 is 0 Å². The molecule has 5 nitrogen and oxygen atoms in total. The van der Waals surface area contributed by atoms with Crippen molar-refractivity contribution in [3.63, 3.8) is 0 Å². The molecule has 1 aromatic carbocycles. The Morgan fingerprint density at radius 1 is 1.41 bits per heavy atom. The Balaban J connectivity index is 0.00000256. The summed E-state index contributed by atoms with van der Waals surface area (Å²) in [6.07, 6.45) is 0.651. The minimum absolute atomic E-state index is 0. The minimum atomic E-state index is -4.28. The molecule has 17 heavy (non-hydrogen) atoms. The van der Waals surface area contributed by atoms with Crippen LogP contribution in [0.15, 0.2) is 24.3 Å². The van der Waals surface area contributed by atoms with Gasteiger partial charge in [0.2, 0.25) is 5.44 Å². The molecule has 7 heteroatoms. The zero-order chi connectivity index (χ0) is 12.2. The zero-order valence-electron chi connectivity index (χ0n) is 8.66. The van der Waals surface area contributed by atoms with Gasteiger partial charge in [0.15, 0.2) is 6.29 Å². The molecule has 0 aliphatic carbocycles. The van der Waals surface area contributed by atoms with E-state index < -0.39 is 15.6 Å². The topological polar surface area (TPSA) is 80.7 Å². The van der Waals surface area contributed by atoms with Gasteiger partial charge < -0.3 is 4.74 Å². The fraction of sp³-hybridized carbons (Fsp3) is 0.300. The van der Waals surface area contributed by atoms with Crippen LogP contribution < -0.4 is 4.74 Å². The van der Waals surface area contributed by atoms with Gasteiger partial charge in [-0.3, -0.25) is 9.35 Å². The Morgan fingerprint density at radius 2 is 2.00 bits per heavy atom. The van der Waals surface area contributed by atoms with Crippen molar-refractivity contribution in [1.29, 1.82) is 0 Å². The van der Waals surface area contributed by atoms with E-state index in [9.17, 15) is 13.2 Å². The summed E-state index contributed by atoms with van der Waals surface area (Å²) in [5.74, 6) is 0.141. The van der Waals surface area contributed by atoms with Crippen molar-refractivity contribution >= 4 is 46.0 Å².